The first-order valence-electron chi connectivity index (χ1n) is 3.81. The zero-order valence-electron chi connectivity index (χ0n) is 7.10. The van der Waals surface area contributed by atoms with Crippen molar-refractivity contribution >= 4 is 5.84 Å². The molecule has 1 unspecified atom stereocenters. The molecule has 2 nitrogen and oxygen atoms in total. The highest BCUT2D eigenvalue weighted by Crippen LogP contribution is 2.48. The van der Waals surface area contributed by atoms with Crippen LogP contribution in [-0.4, -0.2) is 28.4 Å². The third-order valence-electron chi connectivity index (χ3n) is 3.11. The van der Waals surface area contributed by atoms with E-state index in [2.05, 4.69) is 37.6 Å². The van der Waals surface area contributed by atoms with E-state index in [4.69, 9.17) is 0 Å². The normalized spacial score (nSPS) is 41.2. The molecule has 2 aliphatic heterocycles. The summed E-state index contributed by atoms with van der Waals surface area (Å²) in [6.45, 7) is 10.0. The Morgan fingerprint density at radius 3 is 2.10 bits per heavy atom. The molecule has 0 spiro atoms. The minimum Gasteiger partial charge on any atom is -0.349 e. The second kappa shape index (κ2) is 1.25. The minimum atomic E-state index is 0.150. The quantitative estimate of drug-likeness (QED) is 0.460. The Hall–Kier alpha value is -0.530. The Morgan fingerprint density at radius 2 is 2.00 bits per heavy atom. The maximum absolute atomic E-state index is 4.57. The summed E-state index contributed by atoms with van der Waals surface area (Å²) in [5, 5.41) is 0. The lowest BCUT2D eigenvalue weighted by atomic mass is 9.90. The molecule has 0 saturated carbocycles. The van der Waals surface area contributed by atoms with Crippen molar-refractivity contribution < 1.29 is 0 Å². The Bertz CT molecular complexity index is 217. The lowest BCUT2D eigenvalue weighted by molar-refractivity contribution is 0.392. The fourth-order valence-electron chi connectivity index (χ4n) is 1.85. The van der Waals surface area contributed by atoms with Crippen molar-refractivity contribution in [1.82, 2.24) is 4.90 Å². The molecule has 0 amide bonds. The van der Waals surface area contributed by atoms with Crippen LogP contribution in [0.1, 0.15) is 27.7 Å². The third kappa shape index (κ3) is 0.446. The number of amidine groups is 1. The van der Waals surface area contributed by atoms with Crippen molar-refractivity contribution in [3.8, 4) is 0 Å². The van der Waals surface area contributed by atoms with Gasteiger partial charge in [0.05, 0.1) is 16.9 Å². The van der Waals surface area contributed by atoms with Gasteiger partial charge in [-0.15, -0.1) is 0 Å². The fraction of sp³-hybridized carbons (Fsp3) is 0.875. The zero-order chi connectivity index (χ0) is 7.57. The van der Waals surface area contributed by atoms with Crippen LogP contribution in [0.25, 0.3) is 0 Å². The molecule has 56 valence electrons. The SMILES string of the molecule is CC1=NC(C)(C)C2(C)CN12. The summed E-state index contributed by atoms with van der Waals surface area (Å²) in [6, 6.07) is 0. The number of hydrogen-bond acceptors (Lipinski definition) is 2. The summed E-state index contributed by atoms with van der Waals surface area (Å²) in [7, 11) is 0. The van der Waals surface area contributed by atoms with Gasteiger partial charge < -0.3 is 4.90 Å². The third-order valence-corrected chi connectivity index (χ3v) is 3.11. The van der Waals surface area contributed by atoms with E-state index in [1.807, 2.05) is 0 Å². The van der Waals surface area contributed by atoms with Gasteiger partial charge in [-0.3, -0.25) is 4.99 Å². The molecule has 0 bridgehead atoms. The maximum atomic E-state index is 4.57. The van der Waals surface area contributed by atoms with Gasteiger partial charge >= 0.3 is 0 Å². The van der Waals surface area contributed by atoms with Crippen LogP contribution in [0.5, 0.6) is 0 Å². The minimum absolute atomic E-state index is 0.150. The van der Waals surface area contributed by atoms with E-state index in [0.29, 0.717) is 5.54 Å². The van der Waals surface area contributed by atoms with Gasteiger partial charge in [0, 0.05) is 6.54 Å². The summed E-state index contributed by atoms with van der Waals surface area (Å²) in [5.41, 5.74) is 0.508. The molecule has 0 aromatic carbocycles. The molecule has 0 radical (unpaired) electrons. The smallest absolute Gasteiger partial charge is 0.0972 e. The molecule has 2 aliphatic rings. The second-order valence-corrected chi connectivity index (χ2v) is 4.08. The lowest BCUT2D eigenvalue weighted by Gasteiger charge is -2.21. The van der Waals surface area contributed by atoms with Crippen molar-refractivity contribution in [2.75, 3.05) is 6.54 Å². The van der Waals surface area contributed by atoms with E-state index in [0.717, 1.165) is 0 Å². The Balaban J connectivity index is 2.41. The predicted molar refractivity (Wildman–Crippen MR) is 42.3 cm³/mol. The highest BCUT2D eigenvalue weighted by molar-refractivity contribution is 5.87. The number of aliphatic imine (C=N–C) groups is 1. The van der Waals surface area contributed by atoms with E-state index in [1.165, 1.54) is 12.4 Å². The molecule has 2 heterocycles. The number of rotatable bonds is 0. The van der Waals surface area contributed by atoms with E-state index in [-0.39, 0.29) is 5.54 Å². The highest BCUT2D eigenvalue weighted by Gasteiger charge is 2.62. The topological polar surface area (TPSA) is 15.4 Å². The molecule has 0 aromatic heterocycles. The summed E-state index contributed by atoms with van der Waals surface area (Å²) < 4.78 is 0. The highest BCUT2D eigenvalue weighted by atomic mass is 15.5. The van der Waals surface area contributed by atoms with Crippen LogP contribution in [0.3, 0.4) is 0 Å². The van der Waals surface area contributed by atoms with E-state index < -0.39 is 0 Å². The number of hydrogen-bond donors (Lipinski definition) is 0. The van der Waals surface area contributed by atoms with E-state index in [1.54, 1.807) is 0 Å². The van der Waals surface area contributed by atoms with Crippen molar-refractivity contribution in [3.63, 3.8) is 0 Å². The van der Waals surface area contributed by atoms with Gasteiger partial charge in [-0.2, -0.15) is 0 Å². The average Bonchev–Trinajstić information content (AvgIpc) is 2.37. The molecular weight excluding hydrogens is 124 g/mol. The Kier molecular flexibility index (Phi) is 0.773. The van der Waals surface area contributed by atoms with Crippen LogP contribution in [0, 0.1) is 0 Å². The van der Waals surface area contributed by atoms with Crippen LogP contribution in [-0.2, 0) is 0 Å². The summed E-state index contributed by atoms with van der Waals surface area (Å²) in [6.07, 6.45) is 0. The van der Waals surface area contributed by atoms with Crippen molar-refractivity contribution in [2.24, 2.45) is 4.99 Å². The van der Waals surface area contributed by atoms with Crippen molar-refractivity contribution in [3.05, 3.63) is 0 Å². The zero-order valence-corrected chi connectivity index (χ0v) is 7.10. The maximum Gasteiger partial charge on any atom is 0.0972 e. The van der Waals surface area contributed by atoms with Crippen LogP contribution in [0.4, 0.5) is 0 Å². The molecule has 1 saturated heterocycles. The molecule has 2 heteroatoms. The van der Waals surface area contributed by atoms with Gasteiger partial charge in [0.15, 0.2) is 0 Å². The van der Waals surface area contributed by atoms with Gasteiger partial charge in [-0.25, -0.2) is 0 Å². The number of nitrogens with zero attached hydrogens (tertiary/aromatic N) is 2. The molecule has 10 heavy (non-hydrogen) atoms. The van der Waals surface area contributed by atoms with Crippen LogP contribution in [0.2, 0.25) is 0 Å². The van der Waals surface area contributed by atoms with Crippen LogP contribution in [0.15, 0.2) is 4.99 Å². The standard InChI is InChI=1S/C8H14N2/c1-6-9-7(2,3)8(4)5-10(6)8/h5H2,1-4H3. The molecule has 0 aromatic rings. The molecule has 0 N–H and O–H groups in total. The first-order valence-corrected chi connectivity index (χ1v) is 3.81. The largest absolute Gasteiger partial charge is 0.349 e. The van der Waals surface area contributed by atoms with Crippen LogP contribution < -0.4 is 0 Å². The first-order chi connectivity index (χ1) is 4.47. The summed E-state index contributed by atoms with van der Waals surface area (Å²) >= 11 is 0. The molecule has 1 fully saturated rings. The molecule has 0 aliphatic carbocycles. The summed E-state index contributed by atoms with van der Waals surface area (Å²) in [4.78, 5) is 6.93. The Morgan fingerprint density at radius 1 is 1.40 bits per heavy atom. The molecular formula is C8H14N2. The Labute approximate surface area is 61.9 Å². The fourth-order valence-corrected chi connectivity index (χ4v) is 1.85. The number of fused-ring (bicyclic) bond motifs is 1. The molecule has 2 rings (SSSR count). The van der Waals surface area contributed by atoms with Gasteiger partial charge in [0.2, 0.25) is 0 Å². The van der Waals surface area contributed by atoms with Crippen molar-refractivity contribution in [2.45, 2.75) is 38.8 Å². The van der Waals surface area contributed by atoms with E-state index >= 15 is 0 Å². The van der Waals surface area contributed by atoms with Crippen LogP contribution >= 0.6 is 0 Å². The van der Waals surface area contributed by atoms with Gasteiger partial charge in [0.25, 0.3) is 0 Å². The summed E-state index contributed by atoms with van der Waals surface area (Å²) in [5.74, 6) is 1.22. The first kappa shape index (κ1) is 6.20. The van der Waals surface area contributed by atoms with Gasteiger partial charge in [-0.05, 0) is 27.7 Å². The second-order valence-electron chi connectivity index (χ2n) is 4.08. The average molecular weight is 138 g/mol. The van der Waals surface area contributed by atoms with E-state index in [9.17, 15) is 0 Å². The van der Waals surface area contributed by atoms with Crippen molar-refractivity contribution in [1.29, 1.82) is 0 Å². The van der Waals surface area contributed by atoms with Gasteiger partial charge in [-0.1, -0.05) is 0 Å². The predicted octanol–water partition coefficient (Wildman–Crippen LogP) is 1.27. The monoisotopic (exact) mass is 138 g/mol. The molecule has 1 atom stereocenters. The lowest BCUT2D eigenvalue weighted by Crippen LogP contribution is -2.34. The van der Waals surface area contributed by atoms with Gasteiger partial charge in [0.1, 0.15) is 0 Å².